The number of fused-ring (bicyclic) bond motifs is 2. The van der Waals surface area contributed by atoms with Crippen LogP contribution >= 0.6 is 0 Å². The predicted octanol–water partition coefficient (Wildman–Crippen LogP) is 6.68. The molecule has 0 fully saturated rings. The minimum absolute atomic E-state index is 0.289. The monoisotopic (exact) mass is 650 g/mol. The fourth-order valence-electron chi connectivity index (χ4n) is 3.34. The van der Waals surface area contributed by atoms with Gasteiger partial charge in [0.15, 0.2) is 23.0 Å². The third-order valence-corrected chi connectivity index (χ3v) is 5.10. The number of rotatable bonds is 24. The van der Waals surface area contributed by atoms with Gasteiger partial charge in [-0.05, 0) is 85.6 Å². The Bertz CT molecular complexity index is 1230. The summed E-state index contributed by atoms with van der Waals surface area (Å²) in [5.41, 5.74) is 0. The SMILES string of the molecule is CCO/N=N/OCOc1cc2cc3cc(OCO/N=N/OCC)c(OCO/N=N/OCC)cc3cc2cc1OCO/N=N/OCC. The average Bonchev–Trinajstić information content (AvgIpc) is 3.06. The van der Waals surface area contributed by atoms with Crippen LogP contribution in [0.25, 0.3) is 21.5 Å². The lowest BCUT2D eigenvalue weighted by Gasteiger charge is -2.15. The van der Waals surface area contributed by atoms with Crippen LogP contribution in [0, 0.1) is 0 Å². The summed E-state index contributed by atoms with van der Waals surface area (Å²) in [5, 5.41) is 30.2. The lowest BCUT2D eigenvalue weighted by atomic mass is 10.0. The molecule has 20 nitrogen and oxygen atoms in total. The molecular formula is C26H34N8O12. The maximum absolute atomic E-state index is 5.73. The molecule has 0 aliphatic rings. The van der Waals surface area contributed by atoms with E-state index in [4.69, 9.17) is 57.6 Å². The Kier molecular flexibility index (Phi) is 15.8. The molecule has 0 saturated carbocycles. The molecular weight excluding hydrogens is 616 g/mol. The summed E-state index contributed by atoms with van der Waals surface area (Å²) in [5.74, 6) is 1.25. The van der Waals surface area contributed by atoms with Gasteiger partial charge in [-0.2, -0.15) is 0 Å². The van der Waals surface area contributed by atoms with Crippen LogP contribution in [0.5, 0.6) is 23.0 Å². The molecule has 0 aliphatic carbocycles. The van der Waals surface area contributed by atoms with Crippen LogP contribution < -0.4 is 18.9 Å². The van der Waals surface area contributed by atoms with Crippen molar-refractivity contribution in [2.24, 2.45) is 42.2 Å². The number of hydrogen-bond acceptors (Lipinski definition) is 20. The fourth-order valence-corrected chi connectivity index (χ4v) is 3.34. The van der Waals surface area contributed by atoms with E-state index in [2.05, 4.69) is 42.2 Å². The molecule has 0 atom stereocenters. The fraction of sp³-hybridized carbons (Fsp3) is 0.462. The Hall–Kier alpha value is -5.82. The Morgan fingerprint density at radius 3 is 0.761 bits per heavy atom. The molecule has 46 heavy (non-hydrogen) atoms. The van der Waals surface area contributed by atoms with Crippen LogP contribution in [-0.4, -0.2) is 53.6 Å². The third kappa shape index (κ3) is 12.1. The van der Waals surface area contributed by atoms with E-state index in [-0.39, 0.29) is 27.2 Å². The summed E-state index contributed by atoms with van der Waals surface area (Å²) in [6, 6.07) is 10.8. The van der Waals surface area contributed by atoms with Crippen LogP contribution in [0.4, 0.5) is 0 Å². The minimum atomic E-state index is -0.289. The molecule has 3 aromatic carbocycles. The highest BCUT2D eigenvalue weighted by atomic mass is 16.8. The molecule has 0 amide bonds. The van der Waals surface area contributed by atoms with E-state index in [0.717, 1.165) is 21.5 Å². The Balaban J connectivity index is 1.89. The molecule has 3 aromatic rings. The lowest BCUT2D eigenvalue weighted by molar-refractivity contribution is -0.0328. The highest BCUT2D eigenvalue weighted by Gasteiger charge is 2.14. The van der Waals surface area contributed by atoms with Crippen molar-refractivity contribution < 1.29 is 57.6 Å². The van der Waals surface area contributed by atoms with Gasteiger partial charge in [-0.15, -0.1) is 0 Å². The van der Waals surface area contributed by atoms with Crippen LogP contribution in [0.3, 0.4) is 0 Å². The van der Waals surface area contributed by atoms with Crippen molar-refractivity contribution in [3.05, 3.63) is 36.4 Å². The maximum Gasteiger partial charge on any atom is 0.257 e. The lowest BCUT2D eigenvalue weighted by Crippen LogP contribution is -2.04. The molecule has 0 bridgehead atoms. The van der Waals surface area contributed by atoms with Gasteiger partial charge >= 0.3 is 0 Å². The van der Waals surface area contributed by atoms with Gasteiger partial charge in [0.2, 0.25) is 0 Å². The standard InChI is InChI=1S/C26H34N8O12/c1-5-39-27-31-43-15-35-23-11-19-9-21-13-25(37-17-45-33-29-41-7-3)26(38-18-46-34-30-42-8-4)14-22(21)10-20(19)12-24(23)36-16-44-32-28-40-6-2/h9-14H,5-8,15-18H2,1-4H3/b31-27+,32-28+,33-29+,34-30+. The van der Waals surface area contributed by atoms with Crippen molar-refractivity contribution in [1.29, 1.82) is 0 Å². The third-order valence-electron chi connectivity index (χ3n) is 5.10. The first kappa shape index (κ1) is 34.7. The first-order chi connectivity index (χ1) is 22.7. The minimum Gasteiger partial charge on any atom is -0.451 e. The van der Waals surface area contributed by atoms with Crippen molar-refractivity contribution in [1.82, 2.24) is 0 Å². The van der Waals surface area contributed by atoms with Crippen LogP contribution in [0.1, 0.15) is 27.7 Å². The van der Waals surface area contributed by atoms with E-state index in [9.17, 15) is 0 Å². The number of ether oxygens (including phenoxy) is 4. The Morgan fingerprint density at radius 2 is 0.543 bits per heavy atom. The summed E-state index contributed by atoms with van der Waals surface area (Å²) >= 11 is 0. The van der Waals surface area contributed by atoms with Gasteiger partial charge in [-0.3, -0.25) is 0 Å². The predicted molar refractivity (Wildman–Crippen MR) is 154 cm³/mol. The Morgan fingerprint density at radius 1 is 0.326 bits per heavy atom. The molecule has 0 saturated heterocycles. The molecule has 0 aromatic heterocycles. The van der Waals surface area contributed by atoms with Gasteiger partial charge in [0.25, 0.3) is 27.2 Å². The summed E-state index contributed by atoms with van der Waals surface area (Å²) in [6.45, 7) is 7.23. The van der Waals surface area contributed by atoms with Gasteiger partial charge in [-0.1, -0.05) is 0 Å². The van der Waals surface area contributed by atoms with Crippen LogP contribution in [0.15, 0.2) is 78.6 Å². The smallest absolute Gasteiger partial charge is 0.257 e. The van der Waals surface area contributed by atoms with Gasteiger partial charge in [-0.25, -0.2) is 0 Å². The van der Waals surface area contributed by atoms with Gasteiger partial charge < -0.3 is 57.6 Å². The van der Waals surface area contributed by atoms with Crippen LogP contribution in [0.2, 0.25) is 0 Å². The second-order valence-electron chi connectivity index (χ2n) is 8.03. The molecule has 0 heterocycles. The van der Waals surface area contributed by atoms with E-state index in [1.54, 1.807) is 52.0 Å². The number of benzene rings is 3. The van der Waals surface area contributed by atoms with Gasteiger partial charge in [0.05, 0.1) is 42.2 Å². The second kappa shape index (κ2) is 21.0. The zero-order valence-electron chi connectivity index (χ0n) is 25.6. The summed E-state index contributed by atoms with van der Waals surface area (Å²) in [6.07, 6.45) is 0. The molecule has 0 spiro atoms. The number of hydrogen-bond donors (Lipinski definition) is 0. The Labute approximate surface area is 262 Å². The summed E-state index contributed by atoms with van der Waals surface area (Å²) in [4.78, 5) is 38.9. The average molecular weight is 651 g/mol. The van der Waals surface area contributed by atoms with Crippen molar-refractivity contribution in [3.63, 3.8) is 0 Å². The van der Waals surface area contributed by atoms with E-state index in [1.807, 2.05) is 12.1 Å². The largest absolute Gasteiger partial charge is 0.451 e. The molecule has 3 rings (SSSR count). The normalized spacial score (nSPS) is 11.4. The highest BCUT2D eigenvalue weighted by Crippen LogP contribution is 2.38. The molecule has 20 heteroatoms. The van der Waals surface area contributed by atoms with Gasteiger partial charge in [0, 0.05) is 0 Å². The van der Waals surface area contributed by atoms with E-state index in [0.29, 0.717) is 49.4 Å². The number of nitrogens with zero attached hydrogens (tertiary/aromatic N) is 8. The van der Waals surface area contributed by atoms with E-state index in [1.165, 1.54) is 0 Å². The first-order valence-corrected chi connectivity index (χ1v) is 13.8. The zero-order chi connectivity index (χ0) is 32.7. The van der Waals surface area contributed by atoms with E-state index < -0.39 is 0 Å². The second-order valence-corrected chi connectivity index (χ2v) is 8.03. The highest BCUT2D eigenvalue weighted by molar-refractivity contribution is 6.00. The molecule has 0 unspecified atom stereocenters. The van der Waals surface area contributed by atoms with Crippen molar-refractivity contribution in [2.45, 2.75) is 27.7 Å². The molecule has 250 valence electrons. The first-order valence-electron chi connectivity index (χ1n) is 13.8. The van der Waals surface area contributed by atoms with Crippen LogP contribution in [-0.2, 0) is 38.7 Å². The van der Waals surface area contributed by atoms with Gasteiger partial charge in [0.1, 0.15) is 26.4 Å². The molecule has 0 radical (unpaired) electrons. The van der Waals surface area contributed by atoms with Crippen molar-refractivity contribution >= 4 is 21.5 Å². The van der Waals surface area contributed by atoms with Crippen molar-refractivity contribution in [3.8, 4) is 23.0 Å². The van der Waals surface area contributed by atoms with E-state index >= 15 is 0 Å². The maximum atomic E-state index is 5.73. The summed E-state index contributed by atoms with van der Waals surface area (Å²) in [7, 11) is 0. The quantitative estimate of drug-likeness (QED) is 0.0327. The molecule has 0 N–H and O–H groups in total. The van der Waals surface area contributed by atoms with Crippen molar-refractivity contribution in [2.75, 3.05) is 53.6 Å². The molecule has 0 aliphatic heterocycles. The zero-order valence-corrected chi connectivity index (χ0v) is 25.6. The summed E-state index contributed by atoms with van der Waals surface area (Å²) < 4.78 is 22.9. The topological polar surface area (TPSA) is 210 Å².